The molecule has 2 rings (SSSR count). The Morgan fingerprint density at radius 3 is 2.56 bits per heavy atom. The number of carbonyl (C=O) groups is 2. The summed E-state index contributed by atoms with van der Waals surface area (Å²) in [7, 11) is 0. The number of phenolic OH excluding ortho intramolecular Hbond substituents is 1. The van der Waals surface area contributed by atoms with Crippen molar-refractivity contribution in [1.29, 1.82) is 0 Å². The summed E-state index contributed by atoms with van der Waals surface area (Å²) in [6.07, 6.45) is -0.0703. The van der Waals surface area contributed by atoms with Crippen molar-refractivity contribution in [1.82, 2.24) is 5.43 Å². The number of carbonyl (C=O) groups excluding carboxylic acids is 2. The van der Waals surface area contributed by atoms with Crippen LogP contribution in [0.3, 0.4) is 0 Å². The van der Waals surface area contributed by atoms with Gasteiger partial charge in [0.1, 0.15) is 11.6 Å². The van der Waals surface area contributed by atoms with Crippen LogP contribution in [0.15, 0.2) is 47.6 Å². The molecule has 0 saturated heterocycles. The number of nitrogens with zero attached hydrogens (tertiary/aromatic N) is 1. The summed E-state index contributed by atoms with van der Waals surface area (Å²) in [6, 6.07) is 9.37. The first kappa shape index (κ1) is 18.4. The predicted molar refractivity (Wildman–Crippen MR) is 93.3 cm³/mol. The minimum Gasteiger partial charge on any atom is -0.507 e. The number of nitrogens with one attached hydrogen (secondary N) is 2. The SMILES string of the molecule is CC(CC(=O)Nc1ccc(F)cc1)=NNC(=O)c1cc(Cl)ccc1O. The van der Waals surface area contributed by atoms with Crippen LogP contribution in [-0.2, 0) is 4.79 Å². The van der Waals surface area contributed by atoms with Crippen LogP contribution in [0.4, 0.5) is 10.1 Å². The molecule has 0 bridgehead atoms. The van der Waals surface area contributed by atoms with E-state index < -0.39 is 11.7 Å². The molecular weight excluding hydrogens is 349 g/mol. The predicted octanol–water partition coefficient (Wildman–Crippen LogP) is 3.32. The quantitative estimate of drug-likeness (QED) is 0.562. The molecule has 2 amide bonds. The second-order valence-electron chi connectivity index (χ2n) is 5.18. The summed E-state index contributed by atoms with van der Waals surface area (Å²) in [5.74, 6) is -1.66. The molecule has 8 heteroatoms. The van der Waals surface area contributed by atoms with Crippen LogP contribution in [0.25, 0.3) is 0 Å². The first-order valence-corrected chi connectivity index (χ1v) is 7.60. The van der Waals surface area contributed by atoms with Crippen molar-refractivity contribution in [3.63, 3.8) is 0 Å². The zero-order valence-corrected chi connectivity index (χ0v) is 14.0. The van der Waals surface area contributed by atoms with Crippen molar-refractivity contribution in [2.75, 3.05) is 5.32 Å². The maximum absolute atomic E-state index is 12.8. The third-order valence-corrected chi connectivity index (χ3v) is 3.33. The highest BCUT2D eigenvalue weighted by atomic mass is 35.5. The van der Waals surface area contributed by atoms with Gasteiger partial charge in [-0.1, -0.05) is 11.6 Å². The maximum Gasteiger partial charge on any atom is 0.275 e. The molecule has 0 aliphatic carbocycles. The van der Waals surface area contributed by atoms with Gasteiger partial charge in [0.2, 0.25) is 5.91 Å². The van der Waals surface area contributed by atoms with E-state index in [1.807, 2.05) is 0 Å². The molecule has 25 heavy (non-hydrogen) atoms. The molecule has 0 saturated carbocycles. The third kappa shape index (κ3) is 5.58. The van der Waals surface area contributed by atoms with Crippen LogP contribution in [0.2, 0.25) is 5.02 Å². The molecule has 0 atom stereocenters. The molecular formula is C17H15ClFN3O3. The van der Waals surface area contributed by atoms with Gasteiger partial charge in [-0.3, -0.25) is 9.59 Å². The fraction of sp³-hybridized carbons (Fsp3) is 0.118. The number of hydrogen-bond donors (Lipinski definition) is 3. The fourth-order valence-electron chi connectivity index (χ4n) is 1.91. The zero-order chi connectivity index (χ0) is 18.4. The van der Waals surface area contributed by atoms with E-state index in [1.54, 1.807) is 6.92 Å². The Hall–Kier alpha value is -2.93. The summed E-state index contributed by atoms with van der Waals surface area (Å²) >= 11 is 5.78. The largest absolute Gasteiger partial charge is 0.507 e. The van der Waals surface area contributed by atoms with Gasteiger partial charge in [0.15, 0.2) is 0 Å². The van der Waals surface area contributed by atoms with Crippen molar-refractivity contribution in [2.24, 2.45) is 5.10 Å². The van der Waals surface area contributed by atoms with E-state index in [4.69, 9.17) is 11.6 Å². The van der Waals surface area contributed by atoms with Gasteiger partial charge in [0, 0.05) is 16.4 Å². The van der Waals surface area contributed by atoms with Crippen molar-refractivity contribution < 1.29 is 19.1 Å². The summed E-state index contributed by atoms with van der Waals surface area (Å²) in [5.41, 5.74) is 3.01. The third-order valence-electron chi connectivity index (χ3n) is 3.10. The Kier molecular flexibility index (Phi) is 6.08. The van der Waals surface area contributed by atoms with Crippen molar-refractivity contribution in [2.45, 2.75) is 13.3 Å². The first-order chi connectivity index (χ1) is 11.8. The number of rotatable bonds is 5. The molecule has 0 heterocycles. The summed E-state index contributed by atoms with van der Waals surface area (Å²) in [4.78, 5) is 23.8. The number of hydrazone groups is 1. The molecule has 130 valence electrons. The van der Waals surface area contributed by atoms with Gasteiger partial charge in [-0.2, -0.15) is 5.10 Å². The average molecular weight is 364 g/mol. The minimum absolute atomic E-state index is 0.0280. The minimum atomic E-state index is -0.654. The Morgan fingerprint density at radius 1 is 1.20 bits per heavy atom. The summed E-state index contributed by atoms with van der Waals surface area (Å²) in [6.45, 7) is 1.56. The molecule has 2 aromatic carbocycles. The molecule has 0 fully saturated rings. The summed E-state index contributed by atoms with van der Waals surface area (Å²) < 4.78 is 12.8. The van der Waals surface area contributed by atoms with Gasteiger partial charge >= 0.3 is 0 Å². The highest BCUT2D eigenvalue weighted by molar-refractivity contribution is 6.31. The monoisotopic (exact) mass is 363 g/mol. The van der Waals surface area contributed by atoms with E-state index in [9.17, 15) is 19.1 Å². The van der Waals surface area contributed by atoms with E-state index in [0.717, 1.165) is 0 Å². The van der Waals surface area contributed by atoms with Crippen molar-refractivity contribution in [3.8, 4) is 5.75 Å². The topological polar surface area (TPSA) is 90.8 Å². The molecule has 0 aliphatic rings. The van der Waals surface area contributed by atoms with Gasteiger partial charge in [0.25, 0.3) is 5.91 Å². The standard InChI is InChI=1S/C17H15ClFN3O3/c1-10(8-16(24)20-13-5-3-12(19)4-6-13)21-22-17(25)14-9-11(18)2-7-15(14)23/h2-7,9,23H,8H2,1H3,(H,20,24)(H,22,25). The number of phenols is 1. The van der Waals surface area contributed by atoms with E-state index in [0.29, 0.717) is 16.4 Å². The van der Waals surface area contributed by atoms with E-state index in [1.165, 1.54) is 42.5 Å². The van der Waals surface area contributed by atoms with Gasteiger partial charge < -0.3 is 10.4 Å². The van der Waals surface area contributed by atoms with Crippen LogP contribution in [0.1, 0.15) is 23.7 Å². The number of amides is 2. The summed E-state index contributed by atoms with van der Waals surface area (Å²) in [5, 5.41) is 16.3. The van der Waals surface area contributed by atoms with Crippen LogP contribution in [0.5, 0.6) is 5.75 Å². The van der Waals surface area contributed by atoms with E-state index >= 15 is 0 Å². The van der Waals surface area contributed by atoms with Gasteiger partial charge in [-0.25, -0.2) is 9.82 Å². The van der Waals surface area contributed by atoms with Crippen LogP contribution in [0, 0.1) is 5.82 Å². The van der Waals surface area contributed by atoms with E-state index in [2.05, 4.69) is 15.8 Å². The van der Waals surface area contributed by atoms with Crippen LogP contribution < -0.4 is 10.7 Å². The molecule has 3 N–H and O–H groups in total. The lowest BCUT2D eigenvalue weighted by atomic mass is 10.2. The Labute approximate surface area is 148 Å². The lowest BCUT2D eigenvalue weighted by Crippen LogP contribution is -2.21. The van der Waals surface area contributed by atoms with Crippen molar-refractivity contribution in [3.05, 3.63) is 58.9 Å². The van der Waals surface area contributed by atoms with Gasteiger partial charge in [-0.15, -0.1) is 0 Å². The average Bonchev–Trinajstić information content (AvgIpc) is 2.57. The number of halogens is 2. The van der Waals surface area contributed by atoms with Crippen LogP contribution >= 0.6 is 11.6 Å². The molecule has 2 aromatic rings. The Bertz CT molecular complexity index is 822. The molecule has 0 radical (unpaired) electrons. The van der Waals surface area contributed by atoms with Gasteiger partial charge in [-0.05, 0) is 49.4 Å². The number of benzene rings is 2. The van der Waals surface area contributed by atoms with E-state index in [-0.39, 0.29) is 23.6 Å². The van der Waals surface area contributed by atoms with Crippen LogP contribution in [-0.4, -0.2) is 22.6 Å². The zero-order valence-electron chi connectivity index (χ0n) is 13.2. The molecule has 0 unspecified atom stereocenters. The normalized spacial score (nSPS) is 11.1. The highest BCUT2D eigenvalue weighted by Gasteiger charge is 2.11. The lowest BCUT2D eigenvalue weighted by molar-refractivity contribution is -0.115. The fourth-order valence-corrected chi connectivity index (χ4v) is 2.08. The first-order valence-electron chi connectivity index (χ1n) is 7.22. The Morgan fingerprint density at radius 2 is 1.88 bits per heavy atom. The Balaban J connectivity index is 1.92. The molecule has 0 spiro atoms. The molecule has 0 aromatic heterocycles. The molecule has 0 aliphatic heterocycles. The second kappa shape index (κ2) is 8.25. The second-order valence-corrected chi connectivity index (χ2v) is 5.62. The van der Waals surface area contributed by atoms with Crippen molar-refractivity contribution >= 4 is 34.8 Å². The smallest absolute Gasteiger partial charge is 0.275 e. The van der Waals surface area contributed by atoms with Gasteiger partial charge in [0.05, 0.1) is 12.0 Å². The number of aromatic hydroxyl groups is 1. The maximum atomic E-state index is 12.8. The molecule has 6 nitrogen and oxygen atoms in total. The highest BCUT2D eigenvalue weighted by Crippen LogP contribution is 2.21. The number of anilines is 1. The lowest BCUT2D eigenvalue weighted by Gasteiger charge is -2.06. The number of hydrogen-bond acceptors (Lipinski definition) is 4.